The molecule has 334 valence electrons. The number of likely N-dealkylation sites (tertiary alicyclic amines) is 1. The fourth-order valence-electron chi connectivity index (χ4n) is 12.3. The molecule has 1 aliphatic carbocycles. The van der Waals surface area contributed by atoms with E-state index in [1.165, 1.54) is 57.1 Å². The number of aromatic hydroxyl groups is 1. The molecule has 64 heavy (non-hydrogen) atoms. The number of carbonyl (C=O) groups is 2. The van der Waals surface area contributed by atoms with E-state index in [-0.39, 0.29) is 35.6 Å². The number of urea groups is 1. The molecule has 5 saturated heterocycles. The van der Waals surface area contributed by atoms with Crippen molar-refractivity contribution in [3.8, 4) is 17.0 Å². The van der Waals surface area contributed by atoms with Crippen LogP contribution in [-0.2, 0) is 4.79 Å². The fraction of sp³-hybridized carbons (Fsp3) is 0.480. The number of nitrogens with two attached hydrogens (primary N) is 1. The van der Waals surface area contributed by atoms with E-state index in [0.717, 1.165) is 86.5 Å². The lowest BCUT2D eigenvalue weighted by atomic mass is 9.67. The van der Waals surface area contributed by atoms with Gasteiger partial charge < -0.3 is 35.0 Å². The van der Waals surface area contributed by atoms with E-state index in [4.69, 9.17) is 5.73 Å². The second-order valence-electron chi connectivity index (χ2n) is 19.5. The summed E-state index contributed by atoms with van der Waals surface area (Å²) in [6.07, 6.45) is 14.3. The van der Waals surface area contributed by atoms with E-state index in [2.05, 4.69) is 70.1 Å². The number of phenols is 1. The number of aromatic nitrogens is 3. The molecular weight excluding hydrogens is 808 g/mol. The van der Waals surface area contributed by atoms with E-state index in [1.807, 2.05) is 30.3 Å². The number of rotatable bonds is 8. The lowest BCUT2D eigenvalue weighted by molar-refractivity contribution is -0.120. The number of para-hydroxylation sites is 1. The standard InChI is InChI=1S/C50H59FN10O3/c51-41-9-7-37(61-38-5-6-39(61)32-58(31-38)45-29-42(54-55-48(45)52)40-3-1-2-4-46(40)62)28-44(41)57-21-13-33(14-22-57)30-56-25-19-50(20-26-56)17-11-35(12-18-50)59-23-15-34-27-36(8-10-43(34)59)60-24-16-47(63)53-49(60)64/h1-4,7-10,15,23,27-29,33,35,38-39,62H,5-6,11-14,16-22,24-26,30-32H2,(H2,52,55)(H,53,63,64). The molecule has 2 unspecified atom stereocenters. The van der Waals surface area contributed by atoms with Crippen LogP contribution in [0.4, 0.5) is 37.8 Å². The van der Waals surface area contributed by atoms with Crippen LogP contribution in [0.3, 0.4) is 0 Å². The molecule has 3 amide bonds. The minimum Gasteiger partial charge on any atom is -0.507 e. The van der Waals surface area contributed by atoms with Crippen molar-refractivity contribution < 1.29 is 19.1 Å². The van der Waals surface area contributed by atoms with Crippen LogP contribution in [0.1, 0.15) is 76.7 Å². The number of benzene rings is 3. The maximum absolute atomic E-state index is 15.6. The van der Waals surface area contributed by atoms with Crippen LogP contribution in [0, 0.1) is 17.2 Å². The number of amides is 3. The maximum Gasteiger partial charge on any atom is 0.328 e. The number of carbonyl (C=O) groups excluding carboxylic acids is 2. The Balaban J connectivity index is 0.664. The Morgan fingerprint density at radius 3 is 2.25 bits per heavy atom. The van der Waals surface area contributed by atoms with Crippen LogP contribution in [-0.4, -0.2) is 101 Å². The minimum atomic E-state index is -0.344. The highest BCUT2D eigenvalue weighted by Crippen LogP contribution is 2.49. The Morgan fingerprint density at radius 2 is 1.50 bits per heavy atom. The molecule has 2 bridgehead atoms. The maximum atomic E-state index is 15.6. The first-order valence-corrected chi connectivity index (χ1v) is 23.6. The SMILES string of the molecule is Nc1nnc(-c2ccccc2O)cc1N1CC2CCC(C1)N2c1ccc(F)c(N2CCC(CN3CCC4(CCC(n5ccc6cc(N7CCC(=O)NC7=O)ccc65)CC4)CC3)CC2)c1. The van der Waals surface area contributed by atoms with E-state index >= 15 is 4.39 Å². The number of fused-ring (bicyclic) bond motifs is 3. The van der Waals surface area contributed by atoms with Crippen molar-refractivity contribution in [1.82, 2.24) is 25.0 Å². The van der Waals surface area contributed by atoms with Crippen LogP contribution in [0.5, 0.6) is 5.75 Å². The number of anilines is 5. The van der Waals surface area contributed by atoms with Gasteiger partial charge in [-0.1, -0.05) is 12.1 Å². The topological polar surface area (TPSA) is 139 Å². The van der Waals surface area contributed by atoms with Crippen LogP contribution < -0.4 is 30.7 Å². The molecule has 11 rings (SSSR count). The average Bonchev–Trinajstić information content (AvgIpc) is 3.85. The molecule has 0 radical (unpaired) electrons. The zero-order chi connectivity index (χ0) is 43.5. The van der Waals surface area contributed by atoms with Crippen molar-refractivity contribution >= 4 is 51.4 Å². The summed E-state index contributed by atoms with van der Waals surface area (Å²) in [6.45, 7) is 7.21. The molecule has 2 atom stereocenters. The monoisotopic (exact) mass is 866 g/mol. The summed E-state index contributed by atoms with van der Waals surface area (Å²) >= 11 is 0. The first-order valence-electron chi connectivity index (χ1n) is 23.6. The summed E-state index contributed by atoms with van der Waals surface area (Å²) in [7, 11) is 0. The first-order chi connectivity index (χ1) is 31.2. The van der Waals surface area contributed by atoms with Crippen molar-refractivity contribution in [2.24, 2.45) is 11.3 Å². The van der Waals surface area contributed by atoms with Crippen molar-refractivity contribution in [2.75, 3.05) is 77.7 Å². The number of nitrogen functional groups attached to an aromatic ring is 1. The quantitative estimate of drug-likeness (QED) is 0.141. The van der Waals surface area contributed by atoms with E-state index in [1.54, 1.807) is 23.1 Å². The number of phenolic OH excluding ortho intramolecular Hbond substituents is 1. The van der Waals surface area contributed by atoms with Crippen LogP contribution in [0.25, 0.3) is 22.2 Å². The summed E-state index contributed by atoms with van der Waals surface area (Å²) in [4.78, 5) is 35.6. The Kier molecular flexibility index (Phi) is 10.6. The Labute approximate surface area is 374 Å². The molecule has 4 N–H and O–H groups in total. The van der Waals surface area contributed by atoms with Gasteiger partial charge in [0.1, 0.15) is 11.6 Å². The van der Waals surface area contributed by atoms with Gasteiger partial charge in [0, 0.05) is 97.9 Å². The van der Waals surface area contributed by atoms with Crippen molar-refractivity contribution in [1.29, 1.82) is 0 Å². The number of hydrogen-bond donors (Lipinski definition) is 3. The molecule has 1 spiro atoms. The molecule has 5 aliphatic heterocycles. The van der Waals surface area contributed by atoms with Gasteiger partial charge in [0.15, 0.2) is 5.82 Å². The van der Waals surface area contributed by atoms with Crippen molar-refractivity contribution in [3.05, 3.63) is 84.8 Å². The van der Waals surface area contributed by atoms with Crippen LogP contribution >= 0.6 is 0 Å². The van der Waals surface area contributed by atoms with Gasteiger partial charge in [-0.15, -0.1) is 10.2 Å². The van der Waals surface area contributed by atoms with Crippen LogP contribution in [0.15, 0.2) is 79.0 Å². The number of hydrogen-bond acceptors (Lipinski definition) is 10. The van der Waals surface area contributed by atoms with Gasteiger partial charge in [0.25, 0.3) is 0 Å². The zero-order valence-electron chi connectivity index (χ0n) is 36.5. The molecule has 13 nitrogen and oxygen atoms in total. The second-order valence-corrected chi connectivity index (χ2v) is 19.5. The van der Waals surface area contributed by atoms with Gasteiger partial charge in [-0.3, -0.25) is 15.0 Å². The predicted octanol–water partition coefficient (Wildman–Crippen LogP) is 7.94. The van der Waals surface area contributed by atoms with Crippen molar-refractivity contribution in [2.45, 2.75) is 88.8 Å². The van der Waals surface area contributed by atoms with E-state index in [0.29, 0.717) is 47.4 Å². The summed E-state index contributed by atoms with van der Waals surface area (Å²) in [6, 6.07) is 23.9. The highest BCUT2D eigenvalue weighted by atomic mass is 19.1. The lowest BCUT2D eigenvalue weighted by Crippen LogP contribution is -2.54. The molecule has 3 aromatic carbocycles. The first kappa shape index (κ1) is 40.9. The molecule has 14 heteroatoms. The number of nitrogens with zero attached hydrogens (tertiary/aromatic N) is 8. The third kappa shape index (κ3) is 7.66. The van der Waals surface area contributed by atoms with Gasteiger partial charge in [0.05, 0.1) is 17.1 Å². The van der Waals surface area contributed by atoms with Gasteiger partial charge in [-0.05, 0) is 149 Å². The van der Waals surface area contributed by atoms with E-state index < -0.39 is 0 Å². The number of piperazine rings is 1. The lowest BCUT2D eigenvalue weighted by Gasteiger charge is -2.47. The molecule has 7 heterocycles. The molecule has 1 saturated carbocycles. The summed E-state index contributed by atoms with van der Waals surface area (Å²) in [5.41, 5.74) is 12.8. The Morgan fingerprint density at radius 1 is 0.750 bits per heavy atom. The van der Waals surface area contributed by atoms with Crippen LogP contribution in [0.2, 0.25) is 0 Å². The normalized spacial score (nSPS) is 23.4. The second kappa shape index (κ2) is 16.6. The highest BCUT2D eigenvalue weighted by Gasteiger charge is 2.42. The van der Waals surface area contributed by atoms with Gasteiger partial charge in [-0.2, -0.15) is 0 Å². The van der Waals surface area contributed by atoms with Gasteiger partial charge in [0.2, 0.25) is 5.91 Å². The van der Waals surface area contributed by atoms with Crippen molar-refractivity contribution in [3.63, 3.8) is 0 Å². The highest BCUT2D eigenvalue weighted by molar-refractivity contribution is 6.06. The number of imide groups is 1. The van der Waals surface area contributed by atoms with Gasteiger partial charge in [-0.25, -0.2) is 9.18 Å². The fourth-order valence-corrected chi connectivity index (χ4v) is 12.3. The molecule has 2 aromatic heterocycles. The third-order valence-electron chi connectivity index (χ3n) is 15.9. The number of piperidine rings is 2. The smallest absolute Gasteiger partial charge is 0.328 e. The molecule has 6 aliphatic rings. The largest absolute Gasteiger partial charge is 0.507 e. The number of halogens is 1. The summed E-state index contributed by atoms with van der Waals surface area (Å²) < 4.78 is 18.1. The zero-order valence-corrected chi connectivity index (χ0v) is 36.5. The molecular formula is C50H59FN10O3. The Bertz CT molecular complexity index is 2540. The number of nitrogens with one attached hydrogen (secondary N) is 1. The molecule has 6 fully saturated rings. The third-order valence-corrected chi connectivity index (χ3v) is 15.9. The Hall–Kier alpha value is -5.89. The average molecular weight is 867 g/mol. The van der Waals surface area contributed by atoms with E-state index in [9.17, 15) is 14.7 Å². The minimum absolute atomic E-state index is 0.140. The van der Waals surface area contributed by atoms with Gasteiger partial charge >= 0.3 is 6.03 Å². The predicted molar refractivity (Wildman–Crippen MR) is 249 cm³/mol. The molecule has 5 aromatic rings. The summed E-state index contributed by atoms with van der Waals surface area (Å²) in [5.74, 6) is 0.823. The summed E-state index contributed by atoms with van der Waals surface area (Å²) in [5, 5.41) is 22.6.